The van der Waals surface area contributed by atoms with Crippen LogP contribution in [0.1, 0.15) is 41.3 Å². The lowest BCUT2D eigenvalue weighted by Gasteiger charge is -2.19. The van der Waals surface area contributed by atoms with Gasteiger partial charge in [-0.3, -0.25) is 4.90 Å². The smallest absolute Gasteiger partial charge is 0.335 e. The lowest BCUT2D eigenvalue weighted by atomic mass is 10.1. The zero-order chi connectivity index (χ0) is 12.0. The number of hydrogen-bond acceptors (Lipinski definition) is 2. The summed E-state index contributed by atoms with van der Waals surface area (Å²) in [6.45, 7) is 5.36. The third-order valence-corrected chi connectivity index (χ3v) is 3.95. The van der Waals surface area contributed by atoms with Gasteiger partial charge in [0.25, 0.3) is 0 Å². The van der Waals surface area contributed by atoms with Crippen molar-refractivity contribution in [1.29, 1.82) is 0 Å². The average molecular weight is 231 g/mol. The number of carboxylic acids is 1. The predicted octanol–water partition coefficient (Wildman–Crippen LogP) is 2.50. The average Bonchev–Trinajstić information content (AvgIpc) is 2.86. The van der Waals surface area contributed by atoms with E-state index in [0.717, 1.165) is 19.6 Å². The van der Waals surface area contributed by atoms with E-state index in [1.807, 2.05) is 12.1 Å². The van der Waals surface area contributed by atoms with E-state index >= 15 is 0 Å². The molecule has 1 aliphatic carbocycles. The lowest BCUT2D eigenvalue weighted by molar-refractivity contribution is 0.0696. The second kappa shape index (κ2) is 3.57. The zero-order valence-corrected chi connectivity index (χ0v) is 10.1. The summed E-state index contributed by atoms with van der Waals surface area (Å²) in [6, 6.07) is 5.50. The Morgan fingerprint density at radius 3 is 2.71 bits per heavy atom. The molecule has 1 heterocycles. The molecule has 0 spiro atoms. The molecule has 0 bridgehead atoms. The number of carbonyl (C=O) groups is 1. The number of nitrogens with zero attached hydrogens (tertiary/aromatic N) is 1. The van der Waals surface area contributed by atoms with Gasteiger partial charge in [-0.15, -0.1) is 0 Å². The van der Waals surface area contributed by atoms with Crippen LogP contribution in [0.15, 0.2) is 18.2 Å². The summed E-state index contributed by atoms with van der Waals surface area (Å²) in [4.78, 5) is 13.3. The summed E-state index contributed by atoms with van der Waals surface area (Å²) in [5.41, 5.74) is 3.41. The molecule has 2 aliphatic rings. The second-order valence-electron chi connectivity index (χ2n) is 5.74. The maximum atomic E-state index is 10.9. The highest BCUT2D eigenvalue weighted by atomic mass is 16.4. The standard InChI is InChI=1S/C14H17NO2/c1-14(4-5-14)9-15-7-11-3-2-10(13(16)17)6-12(11)8-15/h2-3,6H,4-5,7-9H2,1H3,(H,16,17). The van der Waals surface area contributed by atoms with Crippen molar-refractivity contribution < 1.29 is 9.90 Å². The van der Waals surface area contributed by atoms with Crippen molar-refractivity contribution in [3.8, 4) is 0 Å². The van der Waals surface area contributed by atoms with Crippen LogP contribution in [0.3, 0.4) is 0 Å². The minimum atomic E-state index is -0.833. The fraction of sp³-hybridized carbons (Fsp3) is 0.500. The molecule has 0 amide bonds. The Hall–Kier alpha value is -1.35. The van der Waals surface area contributed by atoms with E-state index in [1.54, 1.807) is 6.07 Å². The molecule has 1 aromatic rings. The third-order valence-electron chi connectivity index (χ3n) is 3.95. The quantitative estimate of drug-likeness (QED) is 0.869. The molecule has 1 saturated carbocycles. The van der Waals surface area contributed by atoms with E-state index in [-0.39, 0.29) is 0 Å². The Labute approximate surface area is 101 Å². The molecule has 0 saturated heterocycles. The molecule has 1 N–H and O–H groups in total. The van der Waals surface area contributed by atoms with Gasteiger partial charge in [-0.2, -0.15) is 0 Å². The second-order valence-corrected chi connectivity index (χ2v) is 5.74. The highest BCUT2D eigenvalue weighted by Gasteiger charge is 2.39. The van der Waals surface area contributed by atoms with Crippen LogP contribution in [0.25, 0.3) is 0 Å². The Kier molecular flexibility index (Phi) is 2.26. The number of hydrogen-bond donors (Lipinski definition) is 1. The third kappa shape index (κ3) is 2.07. The van der Waals surface area contributed by atoms with Gasteiger partial charge in [-0.1, -0.05) is 13.0 Å². The first kappa shape index (κ1) is 10.8. The Bertz CT molecular complexity index is 477. The fourth-order valence-corrected chi connectivity index (χ4v) is 2.62. The van der Waals surface area contributed by atoms with E-state index in [1.165, 1.54) is 24.0 Å². The van der Waals surface area contributed by atoms with Gasteiger partial charge in [0.15, 0.2) is 0 Å². The molecule has 17 heavy (non-hydrogen) atoms. The molecule has 0 radical (unpaired) electrons. The van der Waals surface area contributed by atoms with Gasteiger partial charge < -0.3 is 5.11 Å². The molecular weight excluding hydrogens is 214 g/mol. The largest absolute Gasteiger partial charge is 0.478 e. The zero-order valence-electron chi connectivity index (χ0n) is 10.1. The number of fused-ring (bicyclic) bond motifs is 1. The maximum absolute atomic E-state index is 10.9. The molecule has 1 aromatic carbocycles. The Morgan fingerprint density at radius 2 is 2.06 bits per heavy atom. The van der Waals surface area contributed by atoms with Gasteiger partial charge in [0, 0.05) is 19.6 Å². The maximum Gasteiger partial charge on any atom is 0.335 e. The molecule has 0 atom stereocenters. The van der Waals surface area contributed by atoms with Gasteiger partial charge in [-0.25, -0.2) is 4.79 Å². The summed E-state index contributed by atoms with van der Waals surface area (Å²) >= 11 is 0. The van der Waals surface area contributed by atoms with Crippen molar-refractivity contribution >= 4 is 5.97 Å². The molecular formula is C14H17NO2. The SMILES string of the molecule is CC1(CN2Cc3ccc(C(=O)O)cc3C2)CC1. The molecule has 0 unspecified atom stereocenters. The summed E-state index contributed by atoms with van der Waals surface area (Å²) in [7, 11) is 0. The van der Waals surface area contributed by atoms with Crippen LogP contribution in [0, 0.1) is 5.41 Å². The van der Waals surface area contributed by atoms with E-state index < -0.39 is 5.97 Å². The van der Waals surface area contributed by atoms with Crippen LogP contribution in [0.2, 0.25) is 0 Å². The first-order valence-electron chi connectivity index (χ1n) is 6.13. The van der Waals surface area contributed by atoms with Crippen molar-refractivity contribution in [1.82, 2.24) is 4.90 Å². The van der Waals surface area contributed by atoms with Crippen LogP contribution >= 0.6 is 0 Å². The summed E-state index contributed by atoms with van der Waals surface area (Å²) < 4.78 is 0. The van der Waals surface area contributed by atoms with Crippen LogP contribution in [-0.4, -0.2) is 22.5 Å². The van der Waals surface area contributed by atoms with E-state index in [0.29, 0.717) is 11.0 Å². The highest BCUT2D eigenvalue weighted by molar-refractivity contribution is 5.87. The molecule has 1 aliphatic heterocycles. The summed E-state index contributed by atoms with van der Waals surface area (Å²) in [5.74, 6) is -0.833. The number of rotatable bonds is 3. The van der Waals surface area contributed by atoms with Crippen LogP contribution < -0.4 is 0 Å². The van der Waals surface area contributed by atoms with Crippen LogP contribution in [0.4, 0.5) is 0 Å². The van der Waals surface area contributed by atoms with Gasteiger partial charge in [-0.05, 0) is 41.5 Å². The van der Waals surface area contributed by atoms with Crippen molar-refractivity contribution in [3.05, 3.63) is 34.9 Å². The van der Waals surface area contributed by atoms with Crippen molar-refractivity contribution in [2.45, 2.75) is 32.9 Å². The number of carboxylic acid groups (broad SMARTS) is 1. The minimum absolute atomic E-state index is 0.406. The van der Waals surface area contributed by atoms with Crippen molar-refractivity contribution in [2.75, 3.05) is 6.54 Å². The van der Waals surface area contributed by atoms with Gasteiger partial charge in [0.05, 0.1) is 5.56 Å². The Morgan fingerprint density at radius 1 is 1.35 bits per heavy atom. The normalized spacial score (nSPS) is 21.2. The molecule has 3 rings (SSSR count). The molecule has 1 fully saturated rings. The van der Waals surface area contributed by atoms with Gasteiger partial charge in [0.1, 0.15) is 0 Å². The highest BCUT2D eigenvalue weighted by Crippen LogP contribution is 2.46. The van der Waals surface area contributed by atoms with E-state index in [4.69, 9.17) is 5.11 Å². The monoisotopic (exact) mass is 231 g/mol. The van der Waals surface area contributed by atoms with Crippen molar-refractivity contribution in [3.63, 3.8) is 0 Å². The molecule has 3 nitrogen and oxygen atoms in total. The van der Waals surface area contributed by atoms with Gasteiger partial charge >= 0.3 is 5.97 Å². The van der Waals surface area contributed by atoms with Gasteiger partial charge in [0.2, 0.25) is 0 Å². The fourth-order valence-electron chi connectivity index (χ4n) is 2.62. The molecule has 0 aromatic heterocycles. The predicted molar refractivity (Wildman–Crippen MR) is 64.9 cm³/mol. The molecule has 90 valence electrons. The Balaban J connectivity index is 1.76. The summed E-state index contributed by atoms with van der Waals surface area (Å²) in [6.07, 6.45) is 2.67. The van der Waals surface area contributed by atoms with Crippen LogP contribution in [0.5, 0.6) is 0 Å². The minimum Gasteiger partial charge on any atom is -0.478 e. The van der Waals surface area contributed by atoms with Crippen molar-refractivity contribution in [2.24, 2.45) is 5.41 Å². The first-order valence-corrected chi connectivity index (χ1v) is 6.13. The summed E-state index contributed by atoms with van der Waals surface area (Å²) in [5, 5.41) is 8.96. The van der Waals surface area contributed by atoms with E-state index in [9.17, 15) is 4.79 Å². The molecule has 3 heteroatoms. The lowest BCUT2D eigenvalue weighted by Crippen LogP contribution is -2.23. The van der Waals surface area contributed by atoms with E-state index in [2.05, 4.69) is 11.8 Å². The number of aromatic carboxylic acids is 1. The number of benzene rings is 1. The topological polar surface area (TPSA) is 40.5 Å². The van der Waals surface area contributed by atoms with Crippen LogP contribution in [-0.2, 0) is 13.1 Å². The first-order chi connectivity index (χ1) is 8.06.